The first kappa shape index (κ1) is 29.3. The van der Waals surface area contributed by atoms with Crippen molar-refractivity contribution in [2.45, 2.75) is 63.2 Å². The third-order valence-corrected chi connectivity index (χ3v) is 7.68. The number of benzene rings is 2. The Balaban J connectivity index is 1.82. The molecule has 1 saturated heterocycles. The van der Waals surface area contributed by atoms with Crippen molar-refractivity contribution in [1.29, 1.82) is 0 Å². The summed E-state index contributed by atoms with van der Waals surface area (Å²) >= 11 is 6.43. The average Bonchev–Trinajstić information content (AvgIpc) is 3.20. The Morgan fingerprint density at radius 2 is 1.80 bits per heavy atom. The summed E-state index contributed by atoms with van der Waals surface area (Å²) in [4.78, 5) is 54.2. The Morgan fingerprint density at radius 1 is 1.15 bits per heavy atom. The Bertz CT molecular complexity index is 1360. The second-order valence-electron chi connectivity index (χ2n) is 11.0. The third-order valence-electron chi connectivity index (χ3n) is 7.34. The van der Waals surface area contributed by atoms with Crippen molar-refractivity contribution < 1.29 is 41.9 Å². The van der Waals surface area contributed by atoms with Gasteiger partial charge in [-0.15, -0.1) is 4.48 Å². The van der Waals surface area contributed by atoms with E-state index < -0.39 is 83.2 Å². The van der Waals surface area contributed by atoms with Crippen LogP contribution in [0.25, 0.3) is 0 Å². The van der Waals surface area contributed by atoms with E-state index in [1.807, 2.05) is 0 Å². The van der Waals surface area contributed by atoms with Gasteiger partial charge in [-0.2, -0.15) is 4.79 Å². The number of nitrogens with zero attached hydrogens (tertiary/aromatic N) is 2. The van der Waals surface area contributed by atoms with Crippen molar-refractivity contribution in [1.82, 2.24) is 10.6 Å². The number of carboxylic acid groups (broad SMARTS) is 1. The van der Waals surface area contributed by atoms with Gasteiger partial charge in [0.05, 0.1) is 0 Å². The number of quaternary nitrogens is 1. The monoisotopic (exact) mass is 581 g/mol. The zero-order chi connectivity index (χ0) is 29.6. The van der Waals surface area contributed by atoms with Crippen LogP contribution in [0.15, 0.2) is 48.5 Å². The molecule has 3 atom stereocenters. The smallest absolute Gasteiger partial charge is 0.435 e. The van der Waals surface area contributed by atoms with Crippen molar-refractivity contribution in [3.63, 3.8) is 0 Å². The van der Waals surface area contributed by atoms with Gasteiger partial charge in [0, 0.05) is 35.2 Å². The highest BCUT2D eigenvalue weighted by Gasteiger charge is 2.62. The molecule has 2 aromatic carbocycles. The van der Waals surface area contributed by atoms with Gasteiger partial charge in [-0.3, -0.25) is 19.8 Å². The molecule has 0 bridgehead atoms. The molecule has 4 rings (SSSR count). The number of rotatable bonds is 6. The summed E-state index contributed by atoms with van der Waals surface area (Å²) in [5, 5.41) is 15.1. The molecule has 1 aliphatic heterocycles. The molecule has 2 aliphatic rings. The second-order valence-corrected chi connectivity index (χ2v) is 11.4. The van der Waals surface area contributed by atoms with Crippen LogP contribution in [-0.4, -0.2) is 63.6 Å². The van der Waals surface area contributed by atoms with Crippen LogP contribution in [0.5, 0.6) is 0 Å². The molecule has 40 heavy (non-hydrogen) atoms. The van der Waals surface area contributed by atoms with Crippen LogP contribution in [-0.2, 0) is 9.59 Å². The largest absolute Gasteiger partial charge is 0.523 e. The van der Waals surface area contributed by atoms with Gasteiger partial charge in [-0.25, -0.2) is 18.0 Å². The van der Waals surface area contributed by atoms with Crippen molar-refractivity contribution in [2.75, 3.05) is 11.4 Å². The first-order valence-corrected chi connectivity index (χ1v) is 12.9. The van der Waals surface area contributed by atoms with Crippen LogP contribution >= 0.6 is 11.6 Å². The molecule has 0 spiro atoms. The van der Waals surface area contributed by atoms with Crippen LogP contribution < -0.4 is 15.5 Å². The number of alkyl halides is 2. The fourth-order valence-electron chi connectivity index (χ4n) is 5.17. The number of hydrogen-bond acceptors (Lipinski definition) is 4. The maximum atomic E-state index is 14.4. The van der Waals surface area contributed by atoms with E-state index in [-0.39, 0.29) is 16.3 Å². The number of halogens is 4. The van der Waals surface area contributed by atoms with Gasteiger partial charge in [0.2, 0.25) is 5.91 Å². The molecule has 2 fully saturated rings. The zero-order valence-corrected chi connectivity index (χ0v) is 22.7. The summed E-state index contributed by atoms with van der Waals surface area (Å²) in [6.07, 6.45) is -2.67. The van der Waals surface area contributed by atoms with E-state index >= 15 is 0 Å². The highest BCUT2D eigenvalue weighted by Crippen LogP contribution is 2.39. The van der Waals surface area contributed by atoms with Crippen molar-refractivity contribution >= 4 is 41.2 Å². The molecule has 1 saturated carbocycles. The SMILES string of the molecule is CC(C)(C)[N+]1(C(=O)O)CC(C(=O)N(c2cccc(F)c2)C(C(=O)NC2CC(F)(F)C2)c2ccccc2Cl)NC1=O. The van der Waals surface area contributed by atoms with Crippen molar-refractivity contribution in [3.05, 3.63) is 64.9 Å². The fraction of sp³-hybridized carbons (Fsp3) is 0.407. The predicted molar refractivity (Wildman–Crippen MR) is 139 cm³/mol. The summed E-state index contributed by atoms with van der Waals surface area (Å²) < 4.78 is 40.4. The minimum Gasteiger partial charge on any atom is -0.435 e. The van der Waals surface area contributed by atoms with Gasteiger partial charge in [0.25, 0.3) is 11.8 Å². The molecule has 1 aliphatic carbocycles. The normalized spacial score (nSPS) is 23.1. The van der Waals surface area contributed by atoms with E-state index in [4.69, 9.17) is 11.6 Å². The standard InChI is InChI=1S/C27H28ClF3N4O5/c1-26(2,3)35(25(39)40)14-20(33-24(35)38)23(37)34(17-8-6-7-15(29)11-17)21(18-9-4-5-10-19(18)28)22(36)32-16-12-27(30,31)13-16/h4-11,16,20-21H,12-14H2,1-3H3,(H2-,32,33,36,38,39,40)/p+1. The highest BCUT2D eigenvalue weighted by atomic mass is 35.5. The number of carbonyl (C=O) groups excluding carboxylic acids is 3. The van der Waals surface area contributed by atoms with Crippen LogP contribution in [0.2, 0.25) is 5.02 Å². The molecular formula is C27H29ClF3N4O5+. The summed E-state index contributed by atoms with van der Waals surface area (Å²) in [6.45, 7) is 4.10. The van der Waals surface area contributed by atoms with Crippen molar-refractivity contribution in [3.8, 4) is 0 Å². The lowest BCUT2D eigenvalue weighted by Crippen LogP contribution is -2.65. The van der Waals surface area contributed by atoms with Gasteiger partial charge >= 0.3 is 12.1 Å². The van der Waals surface area contributed by atoms with E-state index in [1.165, 1.54) is 45.0 Å². The quantitative estimate of drug-likeness (QED) is 0.422. The Labute approximate surface area is 233 Å². The molecule has 0 radical (unpaired) electrons. The molecule has 3 N–H and O–H groups in total. The summed E-state index contributed by atoms with van der Waals surface area (Å²) in [6, 6.07) is 6.02. The molecule has 214 valence electrons. The molecule has 3 unspecified atom stereocenters. The minimum absolute atomic E-state index is 0.0663. The van der Waals surface area contributed by atoms with E-state index in [0.717, 1.165) is 17.0 Å². The Kier molecular flexibility index (Phi) is 7.63. The molecular weight excluding hydrogens is 553 g/mol. The number of urea groups is 1. The topological polar surface area (TPSA) is 116 Å². The zero-order valence-electron chi connectivity index (χ0n) is 22.0. The predicted octanol–water partition coefficient (Wildman–Crippen LogP) is 4.85. The Hall–Kier alpha value is -3.64. The molecule has 13 heteroatoms. The van der Waals surface area contributed by atoms with E-state index in [1.54, 1.807) is 12.1 Å². The average molecular weight is 582 g/mol. The van der Waals surface area contributed by atoms with Crippen LogP contribution in [0.4, 0.5) is 28.4 Å². The lowest BCUT2D eigenvalue weighted by atomic mass is 9.87. The summed E-state index contributed by atoms with van der Waals surface area (Å²) in [5.41, 5.74) is -1.14. The van der Waals surface area contributed by atoms with Gasteiger partial charge in [-0.1, -0.05) is 35.9 Å². The summed E-state index contributed by atoms with van der Waals surface area (Å²) in [7, 11) is 0. The molecule has 0 aromatic heterocycles. The van der Waals surface area contributed by atoms with Crippen molar-refractivity contribution in [2.24, 2.45) is 0 Å². The molecule has 9 nitrogen and oxygen atoms in total. The van der Waals surface area contributed by atoms with Gasteiger partial charge in [0.15, 0.2) is 6.04 Å². The number of amides is 5. The minimum atomic E-state index is -2.94. The van der Waals surface area contributed by atoms with Gasteiger partial charge < -0.3 is 10.4 Å². The van der Waals surface area contributed by atoms with Crippen LogP contribution in [0.1, 0.15) is 45.2 Å². The Morgan fingerprint density at radius 3 is 2.33 bits per heavy atom. The van der Waals surface area contributed by atoms with E-state index in [2.05, 4.69) is 10.6 Å². The molecule has 1 heterocycles. The summed E-state index contributed by atoms with van der Waals surface area (Å²) in [5.74, 6) is -5.45. The second kappa shape index (κ2) is 10.4. The maximum Gasteiger partial charge on any atom is 0.523 e. The number of nitrogens with one attached hydrogen (secondary N) is 2. The van der Waals surface area contributed by atoms with Crippen LogP contribution in [0.3, 0.4) is 0 Å². The number of hydrogen-bond donors (Lipinski definition) is 3. The third kappa shape index (κ3) is 5.25. The fourth-order valence-corrected chi connectivity index (χ4v) is 5.41. The lowest BCUT2D eigenvalue weighted by molar-refractivity contribution is -0.818. The number of imide groups is 1. The van der Waals surface area contributed by atoms with Gasteiger partial charge in [0.1, 0.15) is 23.9 Å². The number of carbonyl (C=O) groups is 4. The van der Waals surface area contributed by atoms with Gasteiger partial charge in [-0.05, 0) is 45.0 Å². The maximum absolute atomic E-state index is 14.4. The van der Waals surface area contributed by atoms with E-state index in [9.17, 15) is 37.5 Å². The highest BCUT2D eigenvalue weighted by molar-refractivity contribution is 6.31. The number of anilines is 1. The first-order chi connectivity index (χ1) is 18.6. The lowest BCUT2D eigenvalue weighted by Gasteiger charge is -2.39. The van der Waals surface area contributed by atoms with Crippen LogP contribution in [0, 0.1) is 5.82 Å². The molecule has 2 aromatic rings. The van der Waals surface area contributed by atoms with E-state index in [0.29, 0.717) is 0 Å². The first-order valence-electron chi connectivity index (χ1n) is 12.5. The molecule has 5 amide bonds.